The minimum absolute atomic E-state index is 0.114. The number of hydroxylamine groups is 2. The van der Waals surface area contributed by atoms with Crippen molar-refractivity contribution in [1.29, 1.82) is 10.5 Å². The van der Waals surface area contributed by atoms with Gasteiger partial charge in [0.25, 0.3) is 0 Å². The molecular weight excluding hydrogens is 408 g/mol. The van der Waals surface area contributed by atoms with Crippen LogP contribution in [0.2, 0.25) is 0 Å². The Balaban J connectivity index is 1.53. The zero-order valence-electron chi connectivity index (χ0n) is 16.4. The van der Waals surface area contributed by atoms with Gasteiger partial charge >= 0.3 is 0 Å². The van der Waals surface area contributed by atoms with E-state index in [9.17, 15) is 20.0 Å². The summed E-state index contributed by atoms with van der Waals surface area (Å²) in [5, 5.41) is 45.1. The maximum absolute atomic E-state index is 12.9. The number of benzene rings is 3. The average molecular weight is 420 g/mol. The van der Waals surface area contributed by atoms with Crippen LogP contribution in [0.5, 0.6) is 0 Å². The normalized spacial score (nSPS) is 18.9. The van der Waals surface area contributed by atoms with Crippen molar-refractivity contribution in [3.8, 4) is 12.1 Å². The summed E-state index contributed by atoms with van der Waals surface area (Å²) >= 11 is 0. The highest BCUT2D eigenvalue weighted by atomic mass is 16.5. The molecule has 5 rings (SSSR count). The molecule has 2 aliphatic rings. The standard InChI is InChI=1S/C24H12N4O4/c25-11-13-4-6-17-19(8-13)27(31)21(23(17)29)15-2-1-3-16(10-15)22-24(30)18-7-5-14(12-26)9-20(18)28(22)32/h1-10,21-22H/q-2. The SMILES string of the molecule is N#Cc1ccc2c(c1)N([O-])C(c1cccc(C3C(=O)c4ccc(C#N)cc4N3[O-])c1)C2=O. The molecule has 0 radical (unpaired) electrons. The number of fused-ring (bicyclic) bond motifs is 2. The summed E-state index contributed by atoms with van der Waals surface area (Å²) in [6, 6.07) is 16.4. The maximum atomic E-state index is 12.9. The molecule has 0 aliphatic carbocycles. The van der Waals surface area contributed by atoms with Gasteiger partial charge < -0.3 is 20.5 Å². The summed E-state index contributed by atoms with van der Waals surface area (Å²) in [6.07, 6.45) is 0. The second kappa shape index (κ2) is 7.03. The average Bonchev–Trinajstić information content (AvgIpc) is 3.22. The first-order chi connectivity index (χ1) is 15.4. The molecule has 8 heteroatoms. The minimum atomic E-state index is -1.18. The Hall–Kier alpha value is -4.50. The number of carbonyl (C=O) groups excluding carboxylic acids is 2. The van der Waals surface area contributed by atoms with Gasteiger partial charge in [-0.05, 0) is 47.5 Å². The zero-order valence-corrected chi connectivity index (χ0v) is 16.4. The van der Waals surface area contributed by atoms with Crippen molar-refractivity contribution in [2.75, 3.05) is 10.1 Å². The lowest BCUT2D eigenvalue weighted by molar-refractivity contribution is 0.0968. The van der Waals surface area contributed by atoms with Crippen LogP contribution in [0.4, 0.5) is 11.4 Å². The molecular formula is C24H12N4O4-2. The molecule has 8 nitrogen and oxygen atoms in total. The molecule has 0 aromatic heterocycles. The zero-order chi connectivity index (χ0) is 22.6. The third-order valence-corrected chi connectivity index (χ3v) is 5.77. The smallest absolute Gasteiger partial charge is 0.191 e. The number of hydrogen-bond acceptors (Lipinski definition) is 8. The van der Waals surface area contributed by atoms with Crippen LogP contribution in [-0.2, 0) is 0 Å². The van der Waals surface area contributed by atoms with Crippen LogP contribution in [0, 0.1) is 33.1 Å². The molecule has 2 heterocycles. The first-order valence-electron chi connectivity index (χ1n) is 9.64. The monoisotopic (exact) mass is 420 g/mol. The van der Waals surface area contributed by atoms with Crippen molar-refractivity contribution in [3.05, 3.63) is 104 Å². The largest absolute Gasteiger partial charge is 0.758 e. The summed E-state index contributed by atoms with van der Waals surface area (Å²) in [4.78, 5) is 25.8. The first-order valence-corrected chi connectivity index (χ1v) is 9.64. The van der Waals surface area contributed by atoms with E-state index in [1.807, 2.05) is 12.1 Å². The van der Waals surface area contributed by atoms with Gasteiger partial charge in [0, 0.05) is 22.5 Å². The summed E-state index contributed by atoms with van der Waals surface area (Å²) in [5.41, 5.74) is 1.87. The summed E-state index contributed by atoms with van der Waals surface area (Å²) in [6.45, 7) is 0. The fourth-order valence-corrected chi connectivity index (χ4v) is 4.24. The van der Waals surface area contributed by atoms with Crippen molar-refractivity contribution in [3.63, 3.8) is 0 Å². The van der Waals surface area contributed by atoms with Gasteiger partial charge in [0.1, 0.15) is 12.1 Å². The van der Waals surface area contributed by atoms with Crippen molar-refractivity contribution in [2.45, 2.75) is 12.1 Å². The Morgan fingerprint density at radius 2 is 1.12 bits per heavy atom. The number of rotatable bonds is 2. The molecule has 3 aromatic carbocycles. The Kier molecular flexibility index (Phi) is 4.28. The number of hydrogen-bond donors (Lipinski definition) is 0. The third kappa shape index (κ3) is 2.69. The van der Waals surface area contributed by atoms with Gasteiger partial charge in [-0.25, -0.2) is 0 Å². The van der Waals surface area contributed by atoms with E-state index in [0.29, 0.717) is 21.3 Å². The fraction of sp³-hybridized carbons (Fsp3) is 0.0833. The lowest BCUT2D eigenvalue weighted by atomic mass is 9.95. The summed E-state index contributed by atoms with van der Waals surface area (Å²) in [5.74, 6) is -0.842. The summed E-state index contributed by atoms with van der Waals surface area (Å²) < 4.78 is 0. The molecule has 2 unspecified atom stereocenters. The maximum Gasteiger partial charge on any atom is 0.191 e. The fourth-order valence-electron chi connectivity index (χ4n) is 4.24. The molecule has 0 amide bonds. The van der Waals surface area contributed by atoms with Crippen molar-refractivity contribution >= 4 is 22.9 Å². The number of nitrogens with zero attached hydrogens (tertiary/aromatic N) is 4. The van der Waals surface area contributed by atoms with Crippen LogP contribution in [0.3, 0.4) is 0 Å². The third-order valence-electron chi connectivity index (χ3n) is 5.77. The quantitative estimate of drug-likeness (QED) is 0.609. The lowest BCUT2D eigenvalue weighted by Gasteiger charge is -2.34. The predicted octanol–water partition coefficient (Wildman–Crippen LogP) is 3.91. The highest BCUT2D eigenvalue weighted by molar-refractivity contribution is 6.13. The van der Waals surface area contributed by atoms with E-state index in [0.717, 1.165) is 0 Å². The van der Waals surface area contributed by atoms with E-state index < -0.39 is 23.7 Å². The van der Waals surface area contributed by atoms with Gasteiger partial charge in [-0.2, -0.15) is 10.5 Å². The van der Waals surface area contributed by atoms with Gasteiger partial charge in [-0.15, -0.1) is 0 Å². The molecule has 2 atom stereocenters. The number of Topliss-reactive ketones (excluding diaryl/α,β-unsaturated/α-hetero) is 2. The van der Waals surface area contributed by atoms with Gasteiger partial charge in [0.15, 0.2) is 11.6 Å². The predicted molar refractivity (Wildman–Crippen MR) is 115 cm³/mol. The van der Waals surface area contributed by atoms with Gasteiger partial charge in [0.05, 0.1) is 23.3 Å². The molecule has 3 aromatic rings. The number of ketones is 2. The van der Waals surface area contributed by atoms with Gasteiger partial charge in [-0.3, -0.25) is 9.59 Å². The summed E-state index contributed by atoms with van der Waals surface area (Å²) in [7, 11) is 0. The number of anilines is 2. The van der Waals surface area contributed by atoms with Crippen LogP contribution >= 0.6 is 0 Å². The Morgan fingerprint density at radius 1 is 0.688 bits per heavy atom. The Labute approximate surface area is 182 Å². The number of nitriles is 2. The van der Waals surface area contributed by atoms with Gasteiger partial charge in [0.2, 0.25) is 0 Å². The topological polar surface area (TPSA) is 134 Å². The van der Waals surface area contributed by atoms with E-state index in [-0.39, 0.29) is 33.6 Å². The lowest BCUT2D eigenvalue weighted by Crippen LogP contribution is -2.24. The van der Waals surface area contributed by atoms with Crippen LogP contribution < -0.4 is 10.1 Å². The second-order valence-electron chi connectivity index (χ2n) is 7.54. The number of carbonyl (C=O) groups is 2. The Morgan fingerprint density at radius 3 is 1.53 bits per heavy atom. The van der Waals surface area contributed by atoms with Crippen molar-refractivity contribution < 1.29 is 9.59 Å². The molecule has 0 bridgehead atoms. The van der Waals surface area contributed by atoms with Crippen molar-refractivity contribution in [1.82, 2.24) is 0 Å². The Bertz CT molecular complexity index is 1300. The molecule has 0 spiro atoms. The molecule has 0 fully saturated rings. The van der Waals surface area contributed by atoms with Crippen molar-refractivity contribution in [2.24, 2.45) is 0 Å². The molecule has 0 N–H and O–H groups in total. The molecule has 0 saturated carbocycles. The van der Waals surface area contributed by atoms with Crippen LogP contribution in [0.15, 0.2) is 60.7 Å². The van der Waals surface area contributed by atoms with E-state index in [1.165, 1.54) is 42.5 Å². The van der Waals surface area contributed by atoms with Crippen LogP contribution in [-0.4, -0.2) is 11.6 Å². The van der Waals surface area contributed by atoms with E-state index >= 15 is 0 Å². The first kappa shape index (κ1) is 19.5. The molecule has 2 aliphatic heterocycles. The highest BCUT2D eigenvalue weighted by Gasteiger charge is 2.36. The molecule has 32 heavy (non-hydrogen) atoms. The minimum Gasteiger partial charge on any atom is -0.758 e. The van der Waals surface area contributed by atoms with E-state index in [4.69, 9.17) is 10.5 Å². The van der Waals surface area contributed by atoms with E-state index in [2.05, 4.69) is 0 Å². The molecule has 0 saturated heterocycles. The van der Waals surface area contributed by atoms with Crippen LogP contribution in [0.1, 0.15) is 55.1 Å². The molecule has 154 valence electrons. The van der Waals surface area contributed by atoms with Crippen LogP contribution in [0.25, 0.3) is 0 Å². The van der Waals surface area contributed by atoms with E-state index in [1.54, 1.807) is 18.2 Å². The highest BCUT2D eigenvalue weighted by Crippen LogP contribution is 2.43. The second-order valence-corrected chi connectivity index (χ2v) is 7.54. The van der Waals surface area contributed by atoms with Gasteiger partial charge in [-0.1, -0.05) is 24.3 Å².